The summed E-state index contributed by atoms with van der Waals surface area (Å²) < 4.78 is 40.9. The van der Waals surface area contributed by atoms with Gasteiger partial charge in [0.2, 0.25) is 5.91 Å². The molecule has 3 fully saturated rings. The Morgan fingerprint density at radius 1 is 1.11 bits per heavy atom. The summed E-state index contributed by atoms with van der Waals surface area (Å²) >= 11 is 1.03. The Hall–Kier alpha value is -1.86. The van der Waals surface area contributed by atoms with Crippen LogP contribution in [0.25, 0.3) is 0 Å². The number of carbonyl (C=O) groups excluding carboxylic acids is 1. The van der Waals surface area contributed by atoms with Crippen LogP contribution in [0.3, 0.4) is 0 Å². The lowest BCUT2D eigenvalue weighted by molar-refractivity contribution is -0.141. The molecule has 10 heteroatoms. The minimum Gasteiger partial charge on any atom is -0.307 e. The van der Waals surface area contributed by atoms with Gasteiger partial charge in [-0.05, 0) is 18.8 Å². The Kier molecular flexibility index (Phi) is 5.22. The second kappa shape index (κ2) is 7.52. The van der Waals surface area contributed by atoms with Gasteiger partial charge in [-0.1, -0.05) is 19.3 Å². The van der Waals surface area contributed by atoms with Crippen molar-refractivity contribution in [2.45, 2.75) is 50.2 Å². The molecule has 1 saturated carbocycles. The maximum Gasteiger partial charge on any atom is 0.434 e. The van der Waals surface area contributed by atoms with Crippen molar-refractivity contribution in [2.75, 3.05) is 37.6 Å². The lowest BCUT2D eigenvalue weighted by Gasteiger charge is -2.44. The number of fused-ring (bicyclic) bond motifs is 1. The van der Waals surface area contributed by atoms with E-state index >= 15 is 0 Å². The third kappa shape index (κ3) is 3.57. The number of rotatable bonds is 2. The molecule has 0 bridgehead atoms. The predicted octanol–water partition coefficient (Wildman–Crippen LogP) is 3.02. The van der Waals surface area contributed by atoms with Crippen molar-refractivity contribution in [1.82, 2.24) is 14.8 Å². The zero-order valence-electron chi connectivity index (χ0n) is 15.4. The third-order valence-electron chi connectivity index (χ3n) is 5.91. The summed E-state index contributed by atoms with van der Waals surface area (Å²) in [6.07, 6.45) is 1.94. The highest BCUT2D eigenvalue weighted by atomic mass is 32.1. The molecular weight excluding hydrogens is 391 g/mol. The van der Waals surface area contributed by atoms with Crippen LogP contribution in [-0.4, -0.2) is 59.5 Å². The van der Waals surface area contributed by atoms with Crippen molar-refractivity contribution < 1.29 is 18.0 Å². The van der Waals surface area contributed by atoms with E-state index in [4.69, 9.17) is 5.26 Å². The van der Waals surface area contributed by atoms with Crippen molar-refractivity contribution in [3.63, 3.8) is 0 Å². The van der Waals surface area contributed by atoms with Gasteiger partial charge in [0, 0.05) is 31.1 Å². The molecule has 1 aromatic rings. The number of carbonyl (C=O) groups is 1. The Labute approximate surface area is 165 Å². The van der Waals surface area contributed by atoms with E-state index in [2.05, 4.69) is 11.2 Å². The van der Waals surface area contributed by atoms with E-state index in [1.54, 1.807) is 0 Å². The fraction of sp³-hybridized carbons (Fsp3) is 0.722. The Morgan fingerprint density at radius 2 is 1.82 bits per heavy atom. The third-order valence-corrected chi connectivity index (χ3v) is 7.15. The molecule has 6 nitrogen and oxygen atoms in total. The summed E-state index contributed by atoms with van der Waals surface area (Å²) in [6.45, 7) is 2.36. The molecule has 0 aromatic carbocycles. The number of anilines is 1. The first kappa shape index (κ1) is 19.5. The first-order chi connectivity index (χ1) is 13.4. The highest BCUT2D eigenvalue weighted by Gasteiger charge is 2.44. The maximum atomic E-state index is 13.6. The summed E-state index contributed by atoms with van der Waals surface area (Å²) in [7, 11) is 0. The van der Waals surface area contributed by atoms with Crippen LogP contribution in [0.15, 0.2) is 0 Å². The molecule has 0 radical (unpaired) electrons. The SMILES string of the molecule is N#CN1CCN2CCN(c3nc(C(F)(F)F)c(C4CCCCC4)s3)C(=O)C2C1. The molecule has 28 heavy (non-hydrogen) atoms. The van der Waals surface area contributed by atoms with Crippen LogP contribution in [0.2, 0.25) is 0 Å². The molecule has 0 N–H and O–H groups in total. The number of aromatic nitrogens is 1. The minimum absolute atomic E-state index is 0.128. The second-order valence-electron chi connectivity index (χ2n) is 7.63. The van der Waals surface area contributed by atoms with Crippen LogP contribution >= 0.6 is 11.3 Å². The van der Waals surface area contributed by atoms with Gasteiger partial charge in [-0.25, -0.2) is 4.98 Å². The van der Waals surface area contributed by atoms with E-state index in [1.807, 2.05) is 4.90 Å². The highest BCUT2D eigenvalue weighted by molar-refractivity contribution is 7.16. The molecule has 3 aliphatic rings. The van der Waals surface area contributed by atoms with E-state index in [1.165, 1.54) is 9.80 Å². The summed E-state index contributed by atoms with van der Waals surface area (Å²) in [5.74, 6) is -0.388. The fourth-order valence-electron chi connectivity index (χ4n) is 4.40. The minimum atomic E-state index is -4.52. The van der Waals surface area contributed by atoms with Gasteiger partial charge in [0.05, 0.1) is 6.54 Å². The molecular formula is C18H22F3N5OS. The van der Waals surface area contributed by atoms with Gasteiger partial charge < -0.3 is 4.90 Å². The van der Waals surface area contributed by atoms with E-state index in [0.29, 0.717) is 26.2 Å². The van der Waals surface area contributed by atoms with Gasteiger partial charge in [0.25, 0.3) is 0 Å². The van der Waals surface area contributed by atoms with Crippen LogP contribution < -0.4 is 4.90 Å². The first-order valence-electron chi connectivity index (χ1n) is 9.66. The Bertz CT molecular complexity index is 783. The summed E-state index contributed by atoms with van der Waals surface area (Å²) in [5, 5.41) is 9.27. The molecule has 2 saturated heterocycles. The van der Waals surface area contributed by atoms with Gasteiger partial charge in [-0.2, -0.15) is 18.4 Å². The normalized spacial score (nSPS) is 24.9. The number of halogens is 3. The number of piperazine rings is 2. The highest BCUT2D eigenvalue weighted by Crippen LogP contribution is 2.45. The van der Waals surface area contributed by atoms with Crippen molar-refractivity contribution in [1.29, 1.82) is 5.26 Å². The van der Waals surface area contributed by atoms with Crippen molar-refractivity contribution >= 4 is 22.4 Å². The maximum absolute atomic E-state index is 13.6. The molecule has 1 amide bonds. The molecule has 0 spiro atoms. The van der Waals surface area contributed by atoms with Gasteiger partial charge in [-0.3, -0.25) is 14.6 Å². The first-order valence-corrected chi connectivity index (χ1v) is 10.5. The van der Waals surface area contributed by atoms with Gasteiger partial charge in [-0.15, -0.1) is 11.3 Å². The second-order valence-corrected chi connectivity index (χ2v) is 8.64. The topological polar surface area (TPSA) is 63.5 Å². The lowest BCUT2D eigenvalue weighted by atomic mass is 9.87. The van der Waals surface area contributed by atoms with E-state index < -0.39 is 17.9 Å². The molecule has 3 heterocycles. The van der Waals surface area contributed by atoms with Crippen LogP contribution in [-0.2, 0) is 11.0 Å². The fourth-order valence-corrected chi connectivity index (χ4v) is 5.69. The molecule has 1 aliphatic carbocycles. The lowest BCUT2D eigenvalue weighted by Crippen LogP contribution is -2.64. The monoisotopic (exact) mass is 413 g/mol. The number of nitriles is 1. The number of alkyl halides is 3. The van der Waals surface area contributed by atoms with E-state index in [9.17, 15) is 18.0 Å². The summed E-state index contributed by atoms with van der Waals surface area (Å²) in [4.78, 5) is 22.1. The van der Waals surface area contributed by atoms with Crippen LogP contribution in [0.5, 0.6) is 0 Å². The number of nitrogens with zero attached hydrogens (tertiary/aromatic N) is 5. The average molecular weight is 413 g/mol. The quantitative estimate of drug-likeness (QED) is 0.698. The van der Waals surface area contributed by atoms with Crippen LogP contribution in [0, 0.1) is 11.5 Å². The molecule has 152 valence electrons. The number of hydrogen-bond acceptors (Lipinski definition) is 6. The Balaban J connectivity index is 1.62. The zero-order chi connectivity index (χ0) is 19.9. The standard InChI is InChI=1S/C18H22F3N5OS/c19-18(20,21)15-14(12-4-2-1-3-5-12)28-17(23-15)26-9-8-25-7-6-24(11-22)10-13(25)16(26)27/h12-13H,1-10H2. The molecule has 4 rings (SSSR count). The van der Waals surface area contributed by atoms with Crippen molar-refractivity contribution in [2.24, 2.45) is 0 Å². The van der Waals surface area contributed by atoms with Crippen LogP contribution in [0.1, 0.15) is 48.6 Å². The largest absolute Gasteiger partial charge is 0.434 e. The summed E-state index contributed by atoms with van der Waals surface area (Å²) in [6, 6.07) is -0.501. The van der Waals surface area contributed by atoms with Gasteiger partial charge in [0.1, 0.15) is 6.04 Å². The smallest absolute Gasteiger partial charge is 0.307 e. The number of amides is 1. The van der Waals surface area contributed by atoms with Crippen molar-refractivity contribution in [3.8, 4) is 6.19 Å². The van der Waals surface area contributed by atoms with Gasteiger partial charge in [0.15, 0.2) is 17.0 Å². The van der Waals surface area contributed by atoms with E-state index in [-0.39, 0.29) is 28.4 Å². The summed E-state index contributed by atoms with van der Waals surface area (Å²) in [5.41, 5.74) is -0.822. The number of hydrogen-bond donors (Lipinski definition) is 0. The predicted molar refractivity (Wildman–Crippen MR) is 97.8 cm³/mol. The molecule has 2 aliphatic heterocycles. The van der Waals surface area contributed by atoms with Crippen molar-refractivity contribution in [3.05, 3.63) is 10.6 Å². The van der Waals surface area contributed by atoms with Gasteiger partial charge >= 0.3 is 6.18 Å². The zero-order valence-corrected chi connectivity index (χ0v) is 16.2. The Morgan fingerprint density at radius 3 is 2.50 bits per heavy atom. The molecule has 1 unspecified atom stereocenters. The number of thiazole rings is 1. The average Bonchev–Trinajstić information content (AvgIpc) is 3.14. The molecule has 1 atom stereocenters. The van der Waals surface area contributed by atoms with Crippen LogP contribution in [0.4, 0.5) is 18.3 Å². The molecule has 1 aromatic heterocycles. The van der Waals surface area contributed by atoms with E-state index in [0.717, 1.165) is 43.4 Å².